The lowest BCUT2D eigenvalue weighted by atomic mass is 9.89. The predicted molar refractivity (Wildman–Crippen MR) is 171 cm³/mol. The number of rotatable bonds is 2. The van der Waals surface area contributed by atoms with Gasteiger partial charge in [0.25, 0.3) is 0 Å². The van der Waals surface area contributed by atoms with Crippen molar-refractivity contribution in [3.05, 3.63) is 133 Å². The van der Waals surface area contributed by atoms with Crippen LogP contribution in [0.1, 0.15) is 0 Å². The molecule has 39 heavy (non-hydrogen) atoms. The maximum atomic E-state index is 2.41. The zero-order valence-corrected chi connectivity index (χ0v) is 21.9. The molecule has 0 amide bonds. The molecule has 0 radical (unpaired) electrons. The summed E-state index contributed by atoms with van der Waals surface area (Å²) < 4.78 is 2.67. The van der Waals surface area contributed by atoms with E-state index in [1.165, 1.54) is 85.5 Å². The molecule has 180 valence electrons. The second-order valence-corrected chi connectivity index (χ2v) is 11.6. The van der Waals surface area contributed by atoms with E-state index in [0.717, 1.165) is 0 Å². The Morgan fingerprint density at radius 1 is 0.333 bits per heavy atom. The Morgan fingerprint density at radius 3 is 1.72 bits per heavy atom. The van der Waals surface area contributed by atoms with Crippen molar-refractivity contribution in [3.63, 3.8) is 0 Å². The van der Waals surface area contributed by atoms with Gasteiger partial charge in [0.1, 0.15) is 0 Å². The molecule has 0 fully saturated rings. The van der Waals surface area contributed by atoms with Gasteiger partial charge >= 0.3 is 0 Å². The van der Waals surface area contributed by atoms with Gasteiger partial charge in [-0.1, -0.05) is 103 Å². The first-order chi connectivity index (χ1) is 19.3. The van der Waals surface area contributed by atoms with Crippen LogP contribution in [-0.2, 0) is 0 Å². The van der Waals surface area contributed by atoms with Crippen molar-refractivity contribution in [3.8, 4) is 22.3 Å². The SMILES string of the molecule is c1ccc2cc(-c3ccc4sc5ccc(-c6ccc7ccc8cccc9ccc6c7c89)cc5c4c3)ccc2c1. The van der Waals surface area contributed by atoms with Crippen LogP contribution < -0.4 is 0 Å². The molecule has 8 aromatic carbocycles. The maximum absolute atomic E-state index is 2.41. The minimum Gasteiger partial charge on any atom is -0.135 e. The molecule has 0 atom stereocenters. The summed E-state index contributed by atoms with van der Waals surface area (Å²) in [6.45, 7) is 0. The number of benzene rings is 8. The molecule has 0 aliphatic heterocycles. The topological polar surface area (TPSA) is 0 Å². The van der Waals surface area contributed by atoms with Crippen LogP contribution in [-0.4, -0.2) is 0 Å². The summed E-state index contributed by atoms with van der Waals surface area (Å²) in [4.78, 5) is 0. The van der Waals surface area contributed by atoms with Crippen LogP contribution in [0, 0.1) is 0 Å². The van der Waals surface area contributed by atoms with E-state index in [1.807, 2.05) is 11.3 Å². The van der Waals surface area contributed by atoms with Gasteiger partial charge in [-0.15, -0.1) is 11.3 Å². The maximum Gasteiger partial charge on any atom is 0.0355 e. The van der Waals surface area contributed by atoms with E-state index in [-0.39, 0.29) is 0 Å². The minimum atomic E-state index is 1.26. The highest BCUT2D eigenvalue weighted by molar-refractivity contribution is 7.25. The van der Waals surface area contributed by atoms with Crippen LogP contribution in [0.5, 0.6) is 0 Å². The van der Waals surface area contributed by atoms with Crippen molar-refractivity contribution in [2.45, 2.75) is 0 Å². The largest absolute Gasteiger partial charge is 0.135 e. The molecule has 0 saturated carbocycles. The van der Waals surface area contributed by atoms with Crippen molar-refractivity contribution in [2.24, 2.45) is 0 Å². The normalized spacial score (nSPS) is 12.1. The summed E-state index contributed by atoms with van der Waals surface area (Å²) in [6.07, 6.45) is 0. The fraction of sp³-hybridized carbons (Fsp3) is 0. The molecule has 1 heteroatoms. The third-order valence-corrected chi connectivity index (χ3v) is 9.54. The van der Waals surface area contributed by atoms with Crippen LogP contribution >= 0.6 is 11.3 Å². The van der Waals surface area contributed by atoms with Gasteiger partial charge in [0.15, 0.2) is 0 Å². The molecule has 0 N–H and O–H groups in total. The Bertz CT molecular complexity index is 2370. The summed E-state index contributed by atoms with van der Waals surface area (Å²) in [7, 11) is 0. The summed E-state index contributed by atoms with van der Waals surface area (Å²) >= 11 is 1.88. The lowest BCUT2D eigenvalue weighted by Crippen LogP contribution is -1.87. The van der Waals surface area contributed by atoms with Crippen LogP contribution in [0.2, 0.25) is 0 Å². The highest BCUT2D eigenvalue weighted by atomic mass is 32.1. The fourth-order valence-electron chi connectivity index (χ4n) is 6.48. The molecule has 1 aromatic heterocycles. The van der Waals surface area contributed by atoms with Crippen molar-refractivity contribution >= 4 is 74.6 Å². The molecule has 0 aliphatic rings. The third kappa shape index (κ3) is 3.11. The average Bonchev–Trinajstić information content (AvgIpc) is 3.37. The monoisotopic (exact) mass is 510 g/mol. The Labute approximate surface area is 229 Å². The molecule has 9 aromatic rings. The first-order valence-electron chi connectivity index (χ1n) is 13.4. The van der Waals surface area contributed by atoms with Crippen LogP contribution in [0.4, 0.5) is 0 Å². The van der Waals surface area contributed by atoms with Gasteiger partial charge < -0.3 is 0 Å². The van der Waals surface area contributed by atoms with E-state index >= 15 is 0 Å². The standard InChI is InChI=1S/C38H22S/c1-2-5-27-20-28(11-8-23(27)4-1)29-14-18-35-33(21-29)34-22-30(15-19-36(34)39-35)31-16-12-26-10-9-24-6-3-7-25-13-17-32(31)38(26)37(24)25/h1-22H. The summed E-state index contributed by atoms with van der Waals surface area (Å²) in [5.41, 5.74) is 5.10. The van der Waals surface area contributed by atoms with Crippen molar-refractivity contribution in [1.82, 2.24) is 0 Å². The van der Waals surface area contributed by atoms with Gasteiger partial charge in [-0.3, -0.25) is 0 Å². The van der Waals surface area contributed by atoms with E-state index in [0.29, 0.717) is 0 Å². The van der Waals surface area contributed by atoms with Crippen LogP contribution in [0.15, 0.2) is 133 Å². The molecule has 0 saturated heterocycles. The number of thiophene rings is 1. The molecule has 0 unspecified atom stereocenters. The van der Waals surface area contributed by atoms with Crippen molar-refractivity contribution in [2.75, 3.05) is 0 Å². The lowest BCUT2D eigenvalue weighted by Gasteiger charge is -2.14. The van der Waals surface area contributed by atoms with E-state index in [4.69, 9.17) is 0 Å². The first-order valence-corrected chi connectivity index (χ1v) is 14.2. The minimum absolute atomic E-state index is 1.26. The van der Waals surface area contributed by atoms with Gasteiger partial charge in [-0.2, -0.15) is 0 Å². The molecular weight excluding hydrogens is 488 g/mol. The fourth-order valence-corrected chi connectivity index (χ4v) is 7.55. The number of hydrogen-bond donors (Lipinski definition) is 0. The highest BCUT2D eigenvalue weighted by Gasteiger charge is 2.14. The predicted octanol–water partition coefficient (Wildman–Crippen LogP) is 11.4. The van der Waals surface area contributed by atoms with Crippen molar-refractivity contribution in [1.29, 1.82) is 0 Å². The highest BCUT2D eigenvalue weighted by Crippen LogP contribution is 2.42. The van der Waals surface area contributed by atoms with E-state index in [9.17, 15) is 0 Å². The van der Waals surface area contributed by atoms with Gasteiger partial charge in [0.05, 0.1) is 0 Å². The average molecular weight is 511 g/mol. The molecular formula is C38H22S. The Kier molecular flexibility index (Phi) is 4.30. The Hall–Kier alpha value is -4.72. The first kappa shape index (κ1) is 21.2. The summed E-state index contributed by atoms with van der Waals surface area (Å²) in [5, 5.41) is 13.2. The van der Waals surface area contributed by atoms with E-state index in [1.54, 1.807) is 0 Å². The summed E-state index contributed by atoms with van der Waals surface area (Å²) in [5.74, 6) is 0. The smallest absolute Gasteiger partial charge is 0.0355 e. The van der Waals surface area contributed by atoms with Crippen molar-refractivity contribution < 1.29 is 0 Å². The van der Waals surface area contributed by atoms with Gasteiger partial charge in [-0.25, -0.2) is 0 Å². The number of fused-ring (bicyclic) bond motifs is 4. The van der Waals surface area contributed by atoms with Gasteiger partial charge in [0.2, 0.25) is 0 Å². The van der Waals surface area contributed by atoms with Crippen LogP contribution in [0.3, 0.4) is 0 Å². The summed E-state index contributed by atoms with van der Waals surface area (Å²) in [6, 6.07) is 49.6. The van der Waals surface area contributed by atoms with Gasteiger partial charge in [0, 0.05) is 20.2 Å². The molecule has 0 spiro atoms. The second-order valence-electron chi connectivity index (χ2n) is 10.6. The quantitative estimate of drug-likeness (QED) is 0.203. The Balaban J connectivity index is 1.26. The molecule has 0 bridgehead atoms. The van der Waals surface area contributed by atoms with Gasteiger partial charge in [-0.05, 0) is 95.7 Å². The van der Waals surface area contributed by atoms with E-state index < -0.39 is 0 Å². The second kappa shape index (κ2) is 7.89. The lowest BCUT2D eigenvalue weighted by molar-refractivity contribution is 1.69. The molecule has 0 nitrogen and oxygen atoms in total. The molecule has 1 heterocycles. The third-order valence-electron chi connectivity index (χ3n) is 8.39. The molecule has 9 rings (SSSR count). The Morgan fingerprint density at radius 2 is 0.897 bits per heavy atom. The zero-order chi connectivity index (χ0) is 25.5. The van der Waals surface area contributed by atoms with Crippen LogP contribution in [0.25, 0.3) is 85.5 Å². The number of hydrogen-bond acceptors (Lipinski definition) is 1. The molecule has 0 aliphatic carbocycles. The van der Waals surface area contributed by atoms with E-state index in [2.05, 4.69) is 133 Å². The zero-order valence-electron chi connectivity index (χ0n) is 21.1.